The van der Waals surface area contributed by atoms with Gasteiger partial charge in [0.15, 0.2) is 0 Å². The largest absolute Gasteiger partial charge is 0.472 e. The number of furan rings is 1. The van der Waals surface area contributed by atoms with Gasteiger partial charge in [-0.05, 0) is 32.5 Å². The van der Waals surface area contributed by atoms with Gasteiger partial charge in [0.05, 0.1) is 17.5 Å². The molecule has 0 aliphatic rings. The Kier molecular flexibility index (Phi) is 4.62. The molecule has 0 aliphatic heterocycles. The molecule has 1 aromatic rings. The molecule has 1 rings (SSSR count). The molecule has 0 radical (unpaired) electrons. The van der Waals surface area contributed by atoms with Gasteiger partial charge in [-0.2, -0.15) is 0 Å². The molecule has 0 spiro atoms. The fraction of sp³-hybridized carbons (Fsp3) is 0.500. The summed E-state index contributed by atoms with van der Waals surface area (Å²) in [6, 6.07) is 1.98. The molecule has 0 unspecified atom stereocenters. The molecule has 78 valence electrons. The van der Waals surface area contributed by atoms with E-state index in [1.165, 1.54) is 5.56 Å². The molecule has 14 heavy (non-hydrogen) atoms. The molecule has 0 saturated heterocycles. The van der Waals surface area contributed by atoms with Gasteiger partial charge in [-0.15, -0.1) is 0 Å². The topological polar surface area (TPSA) is 42.4 Å². The van der Waals surface area contributed by atoms with Gasteiger partial charge in [-0.1, -0.05) is 12.2 Å². The fourth-order valence-corrected chi connectivity index (χ4v) is 1.44. The normalized spacial score (nSPS) is 10.7. The van der Waals surface area contributed by atoms with Gasteiger partial charge in [-0.3, -0.25) is 0 Å². The molecule has 0 bridgehead atoms. The SMILES string of the molecule is CN(CCCC(N)=S)Cc1ccoc1. The highest BCUT2D eigenvalue weighted by Crippen LogP contribution is 2.04. The minimum Gasteiger partial charge on any atom is -0.472 e. The Morgan fingerprint density at radius 1 is 1.64 bits per heavy atom. The van der Waals surface area contributed by atoms with E-state index in [1.807, 2.05) is 6.07 Å². The standard InChI is InChI=1S/C10H16N2OS/c1-12(5-2-3-10(11)14)7-9-4-6-13-8-9/h4,6,8H,2-3,5,7H2,1H3,(H2,11,14). The predicted octanol–water partition coefficient (Wildman–Crippen LogP) is 1.78. The van der Waals surface area contributed by atoms with E-state index in [4.69, 9.17) is 22.4 Å². The molecular weight excluding hydrogens is 196 g/mol. The maximum atomic E-state index is 5.41. The van der Waals surface area contributed by atoms with Gasteiger partial charge >= 0.3 is 0 Å². The maximum absolute atomic E-state index is 5.41. The van der Waals surface area contributed by atoms with Crippen molar-refractivity contribution in [3.8, 4) is 0 Å². The Balaban J connectivity index is 2.16. The molecular formula is C10H16N2OS. The monoisotopic (exact) mass is 212 g/mol. The molecule has 0 fully saturated rings. The zero-order chi connectivity index (χ0) is 10.4. The average Bonchev–Trinajstić information content (AvgIpc) is 2.56. The quantitative estimate of drug-likeness (QED) is 0.730. The maximum Gasteiger partial charge on any atom is 0.0947 e. The van der Waals surface area contributed by atoms with E-state index < -0.39 is 0 Å². The van der Waals surface area contributed by atoms with Crippen molar-refractivity contribution < 1.29 is 4.42 Å². The number of nitrogens with two attached hydrogens (primary N) is 1. The molecule has 1 aromatic heterocycles. The second kappa shape index (κ2) is 5.78. The Labute approximate surface area is 89.9 Å². The number of thiocarbonyl (C=S) groups is 1. The van der Waals surface area contributed by atoms with Crippen LogP contribution >= 0.6 is 12.2 Å². The number of rotatable bonds is 6. The molecule has 4 heteroatoms. The van der Waals surface area contributed by atoms with E-state index in [0.717, 1.165) is 25.9 Å². The summed E-state index contributed by atoms with van der Waals surface area (Å²) in [6.45, 7) is 1.91. The van der Waals surface area contributed by atoms with Gasteiger partial charge in [-0.25, -0.2) is 0 Å². The Bertz CT molecular complexity index is 272. The highest BCUT2D eigenvalue weighted by atomic mass is 32.1. The number of nitrogens with zero attached hydrogens (tertiary/aromatic N) is 1. The number of hydrogen-bond acceptors (Lipinski definition) is 3. The molecule has 0 aromatic carbocycles. The molecule has 3 nitrogen and oxygen atoms in total. The van der Waals surface area contributed by atoms with Crippen LogP contribution in [0.3, 0.4) is 0 Å². The smallest absolute Gasteiger partial charge is 0.0947 e. The van der Waals surface area contributed by atoms with Crippen LogP contribution in [0.4, 0.5) is 0 Å². The van der Waals surface area contributed by atoms with Crippen molar-refractivity contribution in [3.05, 3.63) is 24.2 Å². The van der Waals surface area contributed by atoms with Crippen LogP contribution in [0, 0.1) is 0 Å². The second-order valence-corrected chi connectivity index (χ2v) is 3.96. The second-order valence-electron chi connectivity index (χ2n) is 3.44. The molecule has 1 heterocycles. The molecule has 0 atom stereocenters. The summed E-state index contributed by atoms with van der Waals surface area (Å²) < 4.78 is 4.99. The first kappa shape index (κ1) is 11.2. The van der Waals surface area contributed by atoms with Crippen LogP contribution in [-0.4, -0.2) is 23.5 Å². The van der Waals surface area contributed by atoms with Crippen LogP contribution in [0.1, 0.15) is 18.4 Å². The summed E-state index contributed by atoms with van der Waals surface area (Å²) in [5.41, 5.74) is 6.61. The van der Waals surface area contributed by atoms with Crippen molar-refractivity contribution in [2.75, 3.05) is 13.6 Å². The first-order chi connectivity index (χ1) is 6.68. The van der Waals surface area contributed by atoms with Crippen molar-refractivity contribution in [1.82, 2.24) is 4.90 Å². The summed E-state index contributed by atoms with van der Waals surface area (Å²) in [5.74, 6) is 0. The summed E-state index contributed by atoms with van der Waals surface area (Å²) in [7, 11) is 2.08. The van der Waals surface area contributed by atoms with E-state index in [1.54, 1.807) is 12.5 Å². The van der Waals surface area contributed by atoms with Crippen molar-refractivity contribution in [2.45, 2.75) is 19.4 Å². The van der Waals surface area contributed by atoms with E-state index >= 15 is 0 Å². The Morgan fingerprint density at radius 3 is 3.00 bits per heavy atom. The molecule has 0 amide bonds. The summed E-state index contributed by atoms with van der Waals surface area (Å²) in [5, 5.41) is 0. The van der Waals surface area contributed by atoms with Crippen LogP contribution in [0.2, 0.25) is 0 Å². The zero-order valence-corrected chi connectivity index (χ0v) is 9.22. The first-order valence-electron chi connectivity index (χ1n) is 4.66. The molecule has 0 aliphatic carbocycles. The van der Waals surface area contributed by atoms with Crippen LogP contribution in [0.25, 0.3) is 0 Å². The van der Waals surface area contributed by atoms with Gasteiger partial charge in [0.1, 0.15) is 0 Å². The highest BCUT2D eigenvalue weighted by Gasteiger charge is 2.01. The Hall–Kier alpha value is -0.870. The lowest BCUT2D eigenvalue weighted by Gasteiger charge is -2.14. The molecule has 2 N–H and O–H groups in total. The third kappa shape index (κ3) is 4.39. The van der Waals surface area contributed by atoms with Crippen molar-refractivity contribution in [1.29, 1.82) is 0 Å². The Morgan fingerprint density at radius 2 is 2.43 bits per heavy atom. The summed E-state index contributed by atoms with van der Waals surface area (Å²) in [4.78, 5) is 2.82. The van der Waals surface area contributed by atoms with Crippen molar-refractivity contribution in [3.63, 3.8) is 0 Å². The van der Waals surface area contributed by atoms with E-state index in [2.05, 4.69) is 11.9 Å². The van der Waals surface area contributed by atoms with Gasteiger partial charge in [0.2, 0.25) is 0 Å². The van der Waals surface area contributed by atoms with E-state index in [0.29, 0.717) is 4.99 Å². The number of hydrogen-bond donors (Lipinski definition) is 1. The highest BCUT2D eigenvalue weighted by molar-refractivity contribution is 7.80. The summed E-state index contributed by atoms with van der Waals surface area (Å²) >= 11 is 4.81. The lowest BCUT2D eigenvalue weighted by atomic mass is 10.2. The van der Waals surface area contributed by atoms with Gasteiger partial charge in [0.25, 0.3) is 0 Å². The lowest BCUT2D eigenvalue weighted by Crippen LogP contribution is -2.20. The first-order valence-corrected chi connectivity index (χ1v) is 5.07. The van der Waals surface area contributed by atoms with E-state index in [9.17, 15) is 0 Å². The van der Waals surface area contributed by atoms with Gasteiger partial charge in [0, 0.05) is 12.1 Å². The third-order valence-electron chi connectivity index (χ3n) is 2.00. The minimum absolute atomic E-state index is 0.599. The van der Waals surface area contributed by atoms with Gasteiger partial charge < -0.3 is 15.1 Å². The molecule has 0 saturated carbocycles. The van der Waals surface area contributed by atoms with E-state index in [-0.39, 0.29) is 0 Å². The van der Waals surface area contributed by atoms with Crippen molar-refractivity contribution in [2.24, 2.45) is 5.73 Å². The van der Waals surface area contributed by atoms with Crippen molar-refractivity contribution >= 4 is 17.2 Å². The third-order valence-corrected chi connectivity index (χ3v) is 2.20. The lowest BCUT2D eigenvalue weighted by molar-refractivity contribution is 0.323. The van der Waals surface area contributed by atoms with Crippen LogP contribution < -0.4 is 5.73 Å². The minimum atomic E-state index is 0.599. The summed E-state index contributed by atoms with van der Waals surface area (Å²) in [6.07, 6.45) is 5.30. The fourth-order valence-electron chi connectivity index (χ4n) is 1.30. The zero-order valence-electron chi connectivity index (χ0n) is 8.40. The van der Waals surface area contributed by atoms with Crippen LogP contribution in [-0.2, 0) is 6.54 Å². The average molecular weight is 212 g/mol. The van der Waals surface area contributed by atoms with Crippen LogP contribution in [0.5, 0.6) is 0 Å². The predicted molar refractivity (Wildman–Crippen MR) is 61.1 cm³/mol. The van der Waals surface area contributed by atoms with Crippen LogP contribution in [0.15, 0.2) is 23.0 Å².